The van der Waals surface area contributed by atoms with E-state index in [1.807, 2.05) is 74.5 Å². The van der Waals surface area contributed by atoms with Crippen LogP contribution in [0, 0.1) is 6.92 Å². The van der Waals surface area contributed by atoms with Crippen LogP contribution < -0.4 is 20.7 Å². The first kappa shape index (κ1) is 25.3. The Kier molecular flexibility index (Phi) is 7.02. The number of aryl methyl sites for hydroxylation is 1. The van der Waals surface area contributed by atoms with Gasteiger partial charge >= 0.3 is 0 Å². The van der Waals surface area contributed by atoms with Gasteiger partial charge < -0.3 is 20.7 Å². The second-order valence-corrected chi connectivity index (χ2v) is 9.86. The van der Waals surface area contributed by atoms with Crippen LogP contribution in [-0.4, -0.2) is 28.7 Å². The highest BCUT2D eigenvalue weighted by molar-refractivity contribution is 9.10. The molecule has 8 nitrogen and oxygen atoms in total. The van der Waals surface area contributed by atoms with Crippen LogP contribution in [0.4, 0.5) is 17.2 Å². The lowest BCUT2D eigenvalue weighted by molar-refractivity contribution is -0.113. The Morgan fingerprint density at radius 3 is 2.47 bits per heavy atom. The van der Waals surface area contributed by atoms with Crippen molar-refractivity contribution < 1.29 is 14.3 Å². The summed E-state index contributed by atoms with van der Waals surface area (Å²) in [5, 5.41) is 13.8. The largest absolute Gasteiger partial charge is 0.495 e. The molecule has 2 heterocycles. The van der Waals surface area contributed by atoms with Crippen molar-refractivity contribution in [2.45, 2.75) is 19.9 Å². The molecule has 0 saturated heterocycles. The number of para-hydroxylation sites is 2. The average molecular weight is 572 g/mol. The van der Waals surface area contributed by atoms with E-state index in [1.165, 1.54) is 6.20 Å². The molecule has 4 aromatic rings. The molecule has 9 heteroatoms. The van der Waals surface area contributed by atoms with Gasteiger partial charge in [0.1, 0.15) is 23.2 Å². The Bertz CT molecular complexity index is 1560. The van der Waals surface area contributed by atoms with Crippen LogP contribution >= 0.6 is 15.9 Å². The molecule has 0 fully saturated rings. The molecule has 2 amide bonds. The fourth-order valence-corrected chi connectivity index (χ4v) is 4.79. The highest BCUT2D eigenvalue weighted by Crippen LogP contribution is 2.38. The van der Waals surface area contributed by atoms with Crippen LogP contribution in [0.15, 0.2) is 94.7 Å². The van der Waals surface area contributed by atoms with Gasteiger partial charge in [0.25, 0.3) is 11.8 Å². The summed E-state index contributed by atoms with van der Waals surface area (Å²) in [6.45, 7) is 3.79. The lowest BCUT2D eigenvalue weighted by Gasteiger charge is -2.30. The minimum atomic E-state index is -0.574. The molecule has 0 saturated carbocycles. The summed E-state index contributed by atoms with van der Waals surface area (Å²) in [5.41, 5.74) is 4.59. The summed E-state index contributed by atoms with van der Waals surface area (Å²) in [6.07, 6.45) is 1.52. The monoisotopic (exact) mass is 571 g/mol. The molecular formula is C29H26BrN5O3. The van der Waals surface area contributed by atoms with Crippen molar-refractivity contribution in [3.05, 3.63) is 111 Å². The number of carbonyl (C=O) groups is 2. The Morgan fingerprint density at radius 1 is 0.974 bits per heavy atom. The molecular weight excluding hydrogens is 546 g/mol. The third-order valence-corrected chi connectivity index (χ3v) is 6.86. The number of halogens is 1. The number of benzene rings is 3. The number of allylic oxidation sites excluding steroid dienone is 1. The van der Waals surface area contributed by atoms with Gasteiger partial charge in [-0.25, -0.2) is 4.68 Å². The Morgan fingerprint density at radius 2 is 1.74 bits per heavy atom. The van der Waals surface area contributed by atoms with E-state index in [0.29, 0.717) is 39.8 Å². The maximum atomic E-state index is 13.7. The number of hydrogen-bond donors (Lipinski definition) is 3. The van der Waals surface area contributed by atoms with Crippen LogP contribution in [0.5, 0.6) is 5.75 Å². The van der Waals surface area contributed by atoms with Crippen molar-refractivity contribution in [3.8, 4) is 5.75 Å². The molecule has 38 heavy (non-hydrogen) atoms. The summed E-state index contributed by atoms with van der Waals surface area (Å²) in [4.78, 5) is 27.0. The van der Waals surface area contributed by atoms with E-state index in [-0.39, 0.29) is 11.8 Å². The van der Waals surface area contributed by atoms with Crippen LogP contribution in [0.3, 0.4) is 0 Å². The minimum absolute atomic E-state index is 0.298. The molecule has 1 aromatic heterocycles. The number of anilines is 3. The van der Waals surface area contributed by atoms with E-state index >= 15 is 0 Å². The highest BCUT2D eigenvalue weighted by atomic mass is 79.9. The Hall–Kier alpha value is -4.37. The number of nitrogens with zero attached hydrogens (tertiary/aromatic N) is 2. The van der Waals surface area contributed by atoms with Gasteiger partial charge in [0.2, 0.25) is 0 Å². The number of methoxy groups -OCH3 is 1. The van der Waals surface area contributed by atoms with Crippen LogP contribution in [0.25, 0.3) is 0 Å². The summed E-state index contributed by atoms with van der Waals surface area (Å²) in [6, 6.07) is 21.9. The Labute approximate surface area is 228 Å². The molecule has 1 atom stereocenters. The van der Waals surface area contributed by atoms with E-state index in [9.17, 15) is 9.59 Å². The second-order valence-electron chi connectivity index (χ2n) is 8.95. The maximum Gasteiger partial charge on any atom is 0.261 e. The van der Waals surface area contributed by atoms with Crippen LogP contribution in [0.2, 0.25) is 0 Å². The number of ether oxygens (including phenoxy) is 1. The maximum absolute atomic E-state index is 13.7. The van der Waals surface area contributed by atoms with Gasteiger partial charge in [0.15, 0.2) is 0 Å². The first-order valence-corrected chi connectivity index (χ1v) is 12.8. The van der Waals surface area contributed by atoms with E-state index in [4.69, 9.17) is 4.74 Å². The molecule has 0 radical (unpaired) electrons. The van der Waals surface area contributed by atoms with E-state index < -0.39 is 6.04 Å². The second kappa shape index (κ2) is 10.5. The minimum Gasteiger partial charge on any atom is -0.495 e. The third kappa shape index (κ3) is 4.92. The predicted octanol–water partition coefficient (Wildman–Crippen LogP) is 6.14. The van der Waals surface area contributed by atoms with Crippen LogP contribution in [0.1, 0.15) is 34.5 Å². The van der Waals surface area contributed by atoms with E-state index in [1.54, 1.807) is 23.9 Å². The summed E-state index contributed by atoms with van der Waals surface area (Å²) >= 11 is 3.48. The fourth-order valence-electron chi connectivity index (χ4n) is 4.53. The molecule has 1 aliphatic heterocycles. The van der Waals surface area contributed by atoms with Crippen molar-refractivity contribution in [1.82, 2.24) is 9.78 Å². The lowest BCUT2D eigenvalue weighted by atomic mass is 9.94. The normalized spacial score (nSPS) is 14.4. The van der Waals surface area contributed by atoms with Gasteiger partial charge in [-0.2, -0.15) is 5.10 Å². The summed E-state index contributed by atoms with van der Waals surface area (Å²) in [7, 11) is 1.56. The third-order valence-electron chi connectivity index (χ3n) is 6.33. The number of fused-ring (bicyclic) bond motifs is 1. The molecule has 192 valence electrons. The van der Waals surface area contributed by atoms with Gasteiger partial charge in [0, 0.05) is 15.9 Å². The van der Waals surface area contributed by atoms with E-state index in [0.717, 1.165) is 15.6 Å². The van der Waals surface area contributed by atoms with Crippen molar-refractivity contribution in [1.29, 1.82) is 0 Å². The first-order chi connectivity index (χ1) is 18.4. The number of nitrogens with one attached hydrogen (secondary N) is 3. The first-order valence-electron chi connectivity index (χ1n) is 12.0. The Balaban J connectivity index is 1.54. The quantitative estimate of drug-likeness (QED) is 0.258. The molecule has 1 unspecified atom stereocenters. The average Bonchev–Trinajstić information content (AvgIpc) is 3.32. The molecule has 5 rings (SSSR count). The van der Waals surface area contributed by atoms with Gasteiger partial charge in [-0.1, -0.05) is 52.3 Å². The van der Waals surface area contributed by atoms with Gasteiger partial charge in [-0.3, -0.25) is 9.59 Å². The van der Waals surface area contributed by atoms with Crippen molar-refractivity contribution >= 4 is 44.9 Å². The molecule has 1 aliphatic rings. The molecule has 0 aliphatic carbocycles. The van der Waals surface area contributed by atoms with Crippen LogP contribution in [-0.2, 0) is 4.79 Å². The van der Waals surface area contributed by atoms with Gasteiger partial charge in [0.05, 0.1) is 24.6 Å². The zero-order chi connectivity index (χ0) is 26.8. The topological polar surface area (TPSA) is 97.3 Å². The van der Waals surface area contributed by atoms with Gasteiger partial charge in [-0.15, -0.1) is 0 Å². The SMILES string of the molecule is COc1ccccc1NC(=O)C1=C(C)Nc2c(C(=O)Nc3cccc(C)c3)cnn2C1c1ccc(Br)cc1. The summed E-state index contributed by atoms with van der Waals surface area (Å²) < 4.78 is 8.00. The number of amides is 2. The van der Waals surface area contributed by atoms with Crippen molar-refractivity contribution in [3.63, 3.8) is 0 Å². The molecule has 0 spiro atoms. The number of hydrogen-bond acceptors (Lipinski definition) is 5. The molecule has 0 bridgehead atoms. The standard InChI is InChI=1S/C29H26BrN5O3/c1-17-7-6-8-21(15-17)33-28(36)22-16-31-35-26(19-11-13-20(30)14-12-19)25(18(2)32-27(22)35)29(37)34-23-9-4-5-10-24(23)38-3/h4-16,26,32H,1-3H3,(H,33,36)(H,34,37). The van der Waals surface area contributed by atoms with Gasteiger partial charge in [-0.05, 0) is 61.4 Å². The molecule has 3 N–H and O–H groups in total. The smallest absolute Gasteiger partial charge is 0.261 e. The summed E-state index contributed by atoms with van der Waals surface area (Å²) in [5.74, 6) is 0.459. The van der Waals surface area contributed by atoms with Crippen molar-refractivity contribution in [2.24, 2.45) is 0 Å². The predicted molar refractivity (Wildman–Crippen MR) is 152 cm³/mol. The zero-order valence-corrected chi connectivity index (χ0v) is 22.7. The fraction of sp³-hybridized carbons (Fsp3) is 0.138. The number of carbonyl (C=O) groups excluding carboxylic acids is 2. The number of rotatable bonds is 6. The highest BCUT2D eigenvalue weighted by Gasteiger charge is 2.35. The molecule has 3 aromatic carbocycles. The van der Waals surface area contributed by atoms with E-state index in [2.05, 4.69) is 37.0 Å². The lowest BCUT2D eigenvalue weighted by Crippen LogP contribution is -2.32. The zero-order valence-electron chi connectivity index (χ0n) is 21.1. The number of aromatic nitrogens is 2. The van der Waals surface area contributed by atoms with Crippen molar-refractivity contribution in [2.75, 3.05) is 23.1 Å².